The van der Waals surface area contributed by atoms with Gasteiger partial charge < -0.3 is 44.2 Å². The molecule has 0 spiro atoms. The number of carboxylic acid groups (broad SMARTS) is 1. The summed E-state index contributed by atoms with van der Waals surface area (Å²) in [5.74, 6) is -1.34. The molecule has 51 heavy (non-hydrogen) atoms. The first-order chi connectivity index (χ1) is 24.9. The number of thioether (sulfide) groups is 1. The van der Waals surface area contributed by atoms with Crippen LogP contribution in [0.4, 0.5) is 5.69 Å². The van der Waals surface area contributed by atoms with Gasteiger partial charge in [-0.1, -0.05) is 69.2 Å². The number of anilines is 1. The van der Waals surface area contributed by atoms with E-state index in [0.29, 0.717) is 85.8 Å². The highest BCUT2D eigenvalue weighted by atomic mass is 32.2. The molecule has 2 atom stereocenters. The lowest BCUT2D eigenvalue weighted by molar-refractivity contribution is -0.138. The molecule has 12 nitrogen and oxygen atoms in total. The van der Waals surface area contributed by atoms with Gasteiger partial charge in [0.1, 0.15) is 0 Å². The number of rotatable bonds is 32. The minimum absolute atomic E-state index is 0.0912. The lowest BCUT2D eigenvalue weighted by atomic mass is 10.0. The summed E-state index contributed by atoms with van der Waals surface area (Å²) in [5.41, 5.74) is 3.14. The molecule has 0 fully saturated rings. The highest BCUT2D eigenvalue weighted by molar-refractivity contribution is 8.01. The zero-order valence-corrected chi connectivity index (χ0v) is 31.1. The molecule has 2 aromatic rings. The second kappa shape index (κ2) is 29.5. The molecule has 286 valence electrons. The van der Waals surface area contributed by atoms with Gasteiger partial charge in [0.2, 0.25) is 11.8 Å². The summed E-state index contributed by atoms with van der Waals surface area (Å²) in [4.78, 5) is 35.9. The van der Waals surface area contributed by atoms with Gasteiger partial charge in [-0.05, 0) is 36.1 Å². The number of amides is 2. The Bertz CT molecular complexity index is 1210. The third-order valence-corrected chi connectivity index (χ3v) is 8.76. The molecule has 0 bridgehead atoms. The third kappa shape index (κ3) is 23.9. The van der Waals surface area contributed by atoms with Gasteiger partial charge >= 0.3 is 5.97 Å². The predicted octanol–water partition coefficient (Wildman–Crippen LogP) is 4.98. The first-order valence-electron chi connectivity index (χ1n) is 17.9. The number of aliphatic carboxylic acids is 1. The number of hydrogen-bond acceptors (Lipinski definition) is 10. The van der Waals surface area contributed by atoms with Gasteiger partial charge in [0.25, 0.3) is 0 Å². The average molecular weight is 735 g/mol. The topological polar surface area (TPSA) is 151 Å². The average Bonchev–Trinajstić information content (AvgIpc) is 3.11. The molecular formula is C38H58N2O10S. The van der Waals surface area contributed by atoms with Crippen LogP contribution < -0.4 is 10.6 Å². The monoisotopic (exact) mass is 734 g/mol. The molecule has 0 aliphatic heterocycles. The Hall–Kier alpha value is -3.04. The van der Waals surface area contributed by atoms with Crippen LogP contribution >= 0.6 is 11.8 Å². The van der Waals surface area contributed by atoms with Crippen LogP contribution in [-0.2, 0) is 49.2 Å². The zero-order valence-electron chi connectivity index (χ0n) is 30.3. The Morgan fingerprint density at radius 2 is 1.27 bits per heavy atom. The summed E-state index contributed by atoms with van der Waals surface area (Å²) in [6.45, 7) is 9.33. The van der Waals surface area contributed by atoms with E-state index in [2.05, 4.69) is 35.8 Å². The SMILES string of the molecule is CCCCC(C)SC(CC(=O)O)C(=O)NCCOCCOCCOCCOCCOCCOCCC(=O)Nc1cccc(Cc2ccccc2)c1. The molecule has 0 aliphatic carbocycles. The maximum atomic E-state index is 12.5. The van der Waals surface area contributed by atoms with Crippen molar-refractivity contribution in [2.75, 3.05) is 91.1 Å². The first kappa shape index (κ1) is 44.1. The number of ether oxygens (including phenoxy) is 6. The van der Waals surface area contributed by atoms with E-state index in [4.69, 9.17) is 33.5 Å². The fraction of sp³-hybridized carbons (Fsp3) is 0.605. The lowest BCUT2D eigenvalue weighted by Gasteiger charge is -2.19. The van der Waals surface area contributed by atoms with E-state index >= 15 is 0 Å². The minimum atomic E-state index is -0.979. The van der Waals surface area contributed by atoms with Crippen LogP contribution in [0.15, 0.2) is 54.6 Å². The van der Waals surface area contributed by atoms with Gasteiger partial charge in [0.15, 0.2) is 0 Å². The van der Waals surface area contributed by atoms with Crippen LogP contribution in [0.1, 0.15) is 57.1 Å². The first-order valence-corrected chi connectivity index (χ1v) is 18.9. The molecule has 0 radical (unpaired) electrons. The van der Waals surface area contributed by atoms with Crippen molar-refractivity contribution >= 4 is 35.2 Å². The number of nitrogens with one attached hydrogen (secondary N) is 2. The summed E-state index contributed by atoms with van der Waals surface area (Å²) in [6, 6.07) is 18.1. The van der Waals surface area contributed by atoms with Crippen molar-refractivity contribution in [1.82, 2.24) is 5.32 Å². The van der Waals surface area contributed by atoms with Crippen molar-refractivity contribution in [2.24, 2.45) is 0 Å². The van der Waals surface area contributed by atoms with Crippen molar-refractivity contribution in [3.05, 3.63) is 65.7 Å². The molecule has 2 unspecified atom stereocenters. The second-order valence-electron chi connectivity index (χ2n) is 11.8. The maximum Gasteiger partial charge on any atom is 0.305 e. The van der Waals surface area contributed by atoms with Crippen molar-refractivity contribution in [1.29, 1.82) is 0 Å². The number of hydrogen-bond donors (Lipinski definition) is 3. The summed E-state index contributed by atoms with van der Waals surface area (Å²) in [7, 11) is 0. The normalized spacial score (nSPS) is 12.4. The maximum absolute atomic E-state index is 12.5. The fourth-order valence-electron chi connectivity index (χ4n) is 4.74. The van der Waals surface area contributed by atoms with Gasteiger partial charge in [-0.15, -0.1) is 11.8 Å². The van der Waals surface area contributed by atoms with Crippen LogP contribution in [0, 0.1) is 0 Å². The highest BCUT2D eigenvalue weighted by Gasteiger charge is 2.24. The van der Waals surface area contributed by atoms with Crippen molar-refractivity contribution in [2.45, 2.75) is 62.9 Å². The Balaban J connectivity index is 1.32. The van der Waals surface area contributed by atoms with Crippen LogP contribution in [0.2, 0.25) is 0 Å². The van der Waals surface area contributed by atoms with Crippen LogP contribution in [0.5, 0.6) is 0 Å². The Labute approximate surface area is 307 Å². The Kier molecular flexibility index (Phi) is 25.5. The molecule has 2 amide bonds. The summed E-state index contributed by atoms with van der Waals surface area (Å²) < 4.78 is 33.0. The van der Waals surface area contributed by atoms with Crippen molar-refractivity contribution in [3.63, 3.8) is 0 Å². The number of carboxylic acids is 1. The van der Waals surface area contributed by atoms with Gasteiger partial charge in [0.05, 0.1) is 97.4 Å². The van der Waals surface area contributed by atoms with E-state index in [9.17, 15) is 14.4 Å². The van der Waals surface area contributed by atoms with Gasteiger partial charge in [0, 0.05) is 17.5 Å². The molecule has 3 N–H and O–H groups in total. The molecule has 0 heterocycles. The number of carbonyl (C=O) groups is 3. The number of carbonyl (C=O) groups excluding carboxylic acids is 2. The minimum Gasteiger partial charge on any atom is -0.481 e. The molecular weight excluding hydrogens is 676 g/mol. The summed E-state index contributed by atoms with van der Waals surface area (Å²) in [6.07, 6.45) is 3.97. The molecule has 2 rings (SSSR count). The third-order valence-electron chi connectivity index (χ3n) is 7.35. The van der Waals surface area contributed by atoms with E-state index in [0.717, 1.165) is 36.9 Å². The summed E-state index contributed by atoms with van der Waals surface area (Å²) in [5, 5.41) is 14.5. The molecule has 0 aromatic heterocycles. The number of unbranched alkanes of at least 4 members (excludes halogenated alkanes) is 1. The van der Waals surface area contributed by atoms with E-state index in [1.807, 2.05) is 43.3 Å². The number of benzene rings is 2. The largest absolute Gasteiger partial charge is 0.481 e. The van der Waals surface area contributed by atoms with E-state index in [1.165, 1.54) is 17.3 Å². The van der Waals surface area contributed by atoms with Crippen LogP contribution in [0.3, 0.4) is 0 Å². The molecule has 2 aromatic carbocycles. The Morgan fingerprint density at radius 1 is 0.725 bits per heavy atom. The second-order valence-corrected chi connectivity index (χ2v) is 13.4. The van der Waals surface area contributed by atoms with E-state index < -0.39 is 11.2 Å². The van der Waals surface area contributed by atoms with Crippen molar-refractivity contribution in [3.8, 4) is 0 Å². The smallest absolute Gasteiger partial charge is 0.305 e. The molecule has 13 heteroatoms. The standard InChI is InChI=1S/C38H58N2O10S/c1-3-4-9-31(2)51-35(30-37(42)43)38(44)39-15-17-46-19-21-48-23-25-50-27-26-49-24-22-47-20-18-45-16-14-36(41)40-34-13-8-12-33(29-34)28-32-10-6-5-7-11-32/h5-8,10-13,29,31,35H,3-4,9,14-28,30H2,1-2H3,(H,39,44)(H,40,41)(H,42,43). The summed E-state index contributed by atoms with van der Waals surface area (Å²) >= 11 is 1.42. The lowest BCUT2D eigenvalue weighted by Crippen LogP contribution is -2.37. The van der Waals surface area contributed by atoms with Crippen molar-refractivity contribution < 1.29 is 47.9 Å². The zero-order chi connectivity index (χ0) is 36.8. The fourth-order valence-corrected chi connectivity index (χ4v) is 6.05. The quantitative estimate of drug-likeness (QED) is 0.0874. The van der Waals surface area contributed by atoms with Gasteiger partial charge in [-0.2, -0.15) is 0 Å². The molecule has 0 aliphatic rings. The molecule has 0 saturated carbocycles. The Morgan fingerprint density at radius 3 is 1.84 bits per heavy atom. The van der Waals surface area contributed by atoms with E-state index in [-0.39, 0.29) is 29.9 Å². The van der Waals surface area contributed by atoms with E-state index in [1.54, 1.807) is 0 Å². The molecule has 0 saturated heterocycles. The van der Waals surface area contributed by atoms with Gasteiger partial charge in [-0.3, -0.25) is 14.4 Å². The van der Waals surface area contributed by atoms with Crippen LogP contribution in [0.25, 0.3) is 0 Å². The predicted molar refractivity (Wildman–Crippen MR) is 199 cm³/mol. The van der Waals surface area contributed by atoms with Crippen LogP contribution in [-0.4, -0.2) is 119 Å². The highest BCUT2D eigenvalue weighted by Crippen LogP contribution is 2.24. The van der Waals surface area contributed by atoms with Gasteiger partial charge in [-0.25, -0.2) is 0 Å².